The Hall–Kier alpha value is -4.52. The average Bonchev–Trinajstić information content (AvgIpc) is 3.57. The molecule has 8 N–H and O–H groups in total. The van der Waals surface area contributed by atoms with Crippen LogP contribution in [0.25, 0.3) is 0 Å². The number of aromatic nitrogens is 4. The van der Waals surface area contributed by atoms with Crippen LogP contribution in [0.1, 0.15) is 21.7 Å². The van der Waals surface area contributed by atoms with Crippen LogP contribution in [-0.2, 0) is 27.2 Å². The summed E-state index contributed by atoms with van der Waals surface area (Å²) in [6.07, 6.45) is 6.19. The Kier molecular flexibility index (Phi) is 9.28. The van der Waals surface area contributed by atoms with E-state index in [1.807, 2.05) is 0 Å². The fourth-order valence-corrected chi connectivity index (χ4v) is 3.54. The number of primary amides is 1. The minimum absolute atomic E-state index is 0.0503. The molecule has 0 unspecified atom stereocenters. The van der Waals surface area contributed by atoms with Gasteiger partial charge in [0.05, 0.1) is 19.2 Å². The molecule has 36 heavy (non-hydrogen) atoms. The normalized spacial score (nSPS) is 12.4. The molecule has 3 aromatic rings. The van der Waals surface area contributed by atoms with Crippen LogP contribution >= 0.6 is 0 Å². The van der Waals surface area contributed by atoms with Crippen molar-refractivity contribution in [1.29, 1.82) is 0 Å². The highest BCUT2D eigenvalue weighted by Gasteiger charge is 2.29. The lowest BCUT2D eigenvalue weighted by Gasteiger charge is -2.27. The third-order valence-corrected chi connectivity index (χ3v) is 5.32. The second-order valence-electron chi connectivity index (χ2n) is 8.02. The van der Waals surface area contributed by atoms with Crippen LogP contribution in [0, 0.1) is 0 Å². The number of H-pyrrole nitrogens is 2. The quantitative estimate of drug-likeness (QED) is 0.165. The number of nitrogens with two attached hydrogens (primary N) is 2. The molecule has 13 heteroatoms. The van der Waals surface area contributed by atoms with Crippen molar-refractivity contribution in [3.05, 3.63) is 72.3 Å². The molecule has 2 atom stereocenters. The van der Waals surface area contributed by atoms with Gasteiger partial charge in [-0.15, -0.1) is 0 Å². The van der Waals surface area contributed by atoms with E-state index in [-0.39, 0.29) is 32.5 Å². The summed E-state index contributed by atoms with van der Waals surface area (Å²) in [6.45, 7) is -0.256. The molecule has 13 nitrogen and oxygen atoms in total. The first-order valence-corrected chi connectivity index (χ1v) is 11.2. The van der Waals surface area contributed by atoms with Crippen LogP contribution in [0.15, 0.2) is 55.4 Å². The third-order valence-electron chi connectivity index (χ3n) is 5.32. The van der Waals surface area contributed by atoms with Gasteiger partial charge in [-0.05, 0) is 12.1 Å². The summed E-state index contributed by atoms with van der Waals surface area (Å²) in [6, 6.07) is 6.44. The lowest BCUT2D eigenvalue weighted by Crippen LogP contribution is -2.55. The summed E-state index contributed by atoms with van der Waals surface area (Å²) in [5, 5.41) is 5.29. The summed E-state index contributed by atoms with van der Waals surface area (Å²) in [4.78, 5) is 65.7. The minimum atomic E-state index is -1.01. The maximum absolute atomic E-state index is 13.5. The summed E-state index contributed by atoms with van der Waals surface area (Å²) >= 11 is 0. The van der Waals surface area contributed by atoms with E-state index in [1.54, 1.807) is 36.5 Å². The van der Waals surface area contributed by atoms with Crippen LogP contribution < -0.4 is 22.1 Å². The topological polar surface area (TPSA) is 205 Å². The molecular weight excluding hydrogens is 466 g/mol. The van der Waals surface area contributed by atoms with E-state index in [0.717, 1.165) is 0 Å². The Morgan fingerprint density at radius 1 is 0.917 bits per heavy atom. The summed E-state index contributed by atoms with van der Waals surface area (Å²) in [7, 11) is 0. The van der Waals surface area contributed by atoms with Gasteiger partial charge in [-0.25, -0.2) is 9.97 Å². The summed E-state index contributed by atoms with van der Waals surface area (Å²) < 4.78 is 0. The average molecular weight is 496 g/mol. The van der Waals surface area contributed by atoms with Gasteiger partial charge < -0.3 is 37.0 Å². The molecule has 0 aliphatic carbocycles. The number of hydrogen-bond acceptors (Lipinski definition) is 7. The lowest BCUT2D eigenvalue weighted by atomic mass is 10.1. The molecule has 0 fully saturated rings. The highest BCUT2D eigenvalue weighted by atomic mass is 16.2. The number of aromatic amines is 2. The second-order valence-corrected chi connectivity index (χ2v) is 8.02. The zero-order valence-corrected chi connectivity index (χ0v) is 19.5. The molecule has 4 amide bonds. The van der Waals surface area contributed by atoms with E-state index in [4.69, 9.17) is 11.5 Å². The zero-order chi connectivity index (χ0) is 25.9. The van der Waals surface area contributed by atoms with E-state index in [0.29, 0.717) is 17.0 Å². The van der Waals surface area contributed by atoms with Gasteiger partial charge in [-0.1, -0.05) is 18.2 Å². The van der Waals surface area contributed by atoms with Crippen LogP contribution in [0.3, 0.4) is 0 Å². The molecular formula is C23H29N9O4. The molecule has 190 valence electrons. The minimum Gasteiger partial charge on any atom is -0.368 e. The molecule has 0 radical (unpaired) electrons. The monoisotopic (exact) mass is 495 g/mol. The summed E-state index contributed by atoms with van der Waals surface area (Å²) in [5.41, 5.74) is 12.7. The van der Waals surface area contributed by atoms with Gasteiger partial charge >= 0.3 is 0 Å². The zero-order valence-electron chi connectivity index (χ0n) is 19.5. The van der Waals surface area contributed by atoms with Gasteiger partial charge in [-0.3, -0.25) is 19.2 Å². The first-order chi connectivity index (χ1) is 17.4. The highest BCUT2D eigenvalue weighted by molar-refractivity contribution is 5.98. The number of hydrogen-bond donors (Lipinski definition) is 6. The number of rotatable bonds is 13. The van der Waals surface area contributed by atoms with Gasteiger partial charge in [0, 0.05) is 55.3 Å². The lowest BCUT2D eigenvalue weighted by molar-refractivity contribution is -0.138. The van der Waals surface area contributed by atoms with Crippen LogP contribution in [0.2, 0.25) is 0 Å². The van der Waals surface area contributed by atoms with Crippen molar-refractivity contribution in [2.24, 2.45) is 11.5 Å². The number of amides is 4. The second kappa shape index (κ2) is 12.8. The first kappa shape index (κ1) is 26.1. The van der Waals surface area contributed by atoms with Gasteiger partial charge in [0.1, 0.15) is 12.1 Å². The van der Waals surface area contributed by atoms with Gasteiger partial charge in [0.15, 0.2) is 0 Å². The van der Waals surface area contributed by atoms with E-state index >= 15 is 0 Å². The smallest absolute Gasteiger partial charge is 0.251 e. The number of carbonyl (C=O) groups excluding carboxylic acids is 4. The van der Waals surface area contributed by atoms with E-state index in [9.17, 15) is 19.2 Å². The Labute approximate surface area is 207 Å². The molecule has 2 aromatic heterocycles. The van der Waals surface area contributed by atoms with E-state index in [1.165, 1.54) is 23.8 Å². The molecule has 0 spiro atoms. The van der Waals surface area contributed by atoms with E-state index in [2.05, 4.69) is 30.6 Å². The fraction of sp³-hybridized carbons (Fsp3) is 0.304. The molecule has 0 bridgehead atoms. The molecule has 0 saturated carbocycles. The van der Waals surface area contributed by atoms with E-state index < -0.39 is 35.7 Å². The molecule has 1 aromatic carbocycles. The van der Waals surface area contributed by atoms with Gasteiger partial charge in [0.2, 0.25) is 17.7 Å². The van der Waals surface area contributed by atoms with Crippen molar-refractivity contribution in [1.82, 2.24) is 35.5 Å². The van der Waals surface area contributed by atoms with Crippen molar-refractivity contribution in [2.45, 2.75) is 24.9 Å². The highest BCUT2D eigenvalue weighted by Crippen LogP contribution is 2.07. The summed E-state index contributed by atoms with van der Waals surface area (Å²) in [5.74, 6) is -2.30. The molecule has 0 aliphatic rings. The van der Waals surface area contributed by atoms with Crippen molar-refractivity contribution < 1.29 is 19.2 Å². The third kappa shape index (κ3) is 7.50. The standard InChI is InChI=1S/C23H29N9O4/c24-6-7-32(12-20(33)30-18(21(25)34)8-16-10-26-13-28-16)23(36)19(9-17-11-27-14-29-17)31-22(35)15-4-2-1-3-5-15/h1-5,10-11,13-14,18-19H,6-9,12,24H2,(H2,25,34)(H,26,28)(H,27,29)(H,30,33)(H,31,35)/t18-,19-/m0/s1. The van der Waals surface area contributed by atoms with Crippen molar-refractivity contribution >= 4 is 23.6 Å². The molecule has 0 saturated heterocycles. The van der Waals surface area contributed by atoms with Crippen LogP contribution in [0.4, 0.5) is 0 Å². The Morgan fingerprint density at radius 3 is 2.06 bits per heavy atom. The van der Waals surface area contributed by atoms with Gasteiger partial charge in [0.25, 0.3) is 5.91 Å². The Balaban J connectivity index is 1.72. The fourth-order valence-electron chi connectivity index (χ4n) is 3.54. The number of benzene rings is 1. The predicted octanol–water partition coefficient (Wildman–Crippen LogP) is -1.53. The molecule has 3 rings (SSSR count). The number of nitrogens with zero attached hydrogens (tertiary/aromatic N) is 3. The molecule has 2 heterocycles. The maximum atomic E-state index is 13.5. The predicted molar refractivity (Wildman–Crippen MR) is 129 cm³/mol. The van der Waals surface area contributed by atoms with Gasteiger partial charge in [-0.2, -0.15) is 0 Å². The van der Waals surface area contributed by atoms with Crippen molar-refractivity contribution in [2.75, 3.05) is 19.6 Å². The van der Waals surface area contributed by atoms with Crippen LogP contribution in [0.5, 0.6) is 0 Å². The Morgan fingerprint density at radius 2 is 1.53 bits per heavy atom. The number of nitrogens with one attached hydrogen (secondary N) is 4. The van der Waals surface area contributed by atoms with Crippen LogP contribution in [-0.4, -0.2) is 80.2 Å². The maximum Gasteiger partial charge on any atom is 0.251 e. The first-order valence-electron chi connectivity index (χ1n) is 11.2. The molecule has 0 aliphatic heterocycles. The number of carbonyl (C=O) groups is 4. The largest absolute Gasteiger partial charge is 0.368 e. The van der Waals surface area contributed by atoms with Crippen molar-refractivity contribution in [3.8, 4) is 0 Å². The SMILES string of the molecule is NCCN(CC(=O)N[C@@H](Cc1cnc[nH]1)C(N)=O)C(=O)[C@H](Cc1cnc[nH]1)NC(=O)c1ccccc1. The number of imidazole rings is 2. The van der Waals surface area contributed by atoms with Crippen molar-refractivity contribution in [3.63, 3.8) is 0 Å². The Bertz CT molecular complexity index is 1130.